The lowest BCUT2D eigenvalue weighted by atomic mass is 10.1. The van der Waals surface area contributed by atoms with Gasteiger partial charge in [0, 0.05) is 12.7 Å². The molecule has 0 saturated heterocycles. The van der Waals surface area contributed by atoms with E-state index in [0.29, 0.717) is 6.42 Å². The van der Waals surface area contributed by atoms with Crippen LogP contribution in [0, 0.1) is 17.2 Å². The summed E-state index contributed by atoms with van der Waals surface area (Å²) in [5.41, 5.74) is 0.816. The van der Waals surface area contributed by atoms with Crippen molar-refractivity contribution in [3.05, 3.63) is 30.3 Å². The number of para-hydroxylation sites is 1. The summed E-state index contributed by atoms with van der Waals surface area (Å²) in [5.74, 6) is -0.693. The number of carbonyl (C=O) groups is 1. The van der Waals surface area contributed by atoms with E-state index in [1.807, 2.05) is 43.3 Å². The van der Waals surface area contributed by atoms with Gasteiger partial charge in [0.15, 0.2) is 0 Å². The summed E-state index contributed by atoms with van der Waals surface area (Å²) in [6, 6.07) is 11.3. The van der Waals surface area contributed by atoms with Crippen LogP contribution in [0.5, 0.6) is 0 Å². The fourth-order valence-electron chi connectivity index (χ4n) is 1.33. The topological polar surface area (TPSA) is 44.1 Å². The van der Waals surface area contributed by atoms with Crippen LogP contribution in [0.15, 0.2) is 30.3 Å². The SMILES string of the molecule is CCC(C#N)C(=O)N(C)c1ccccc1. The predicted octanol–water partition coefficient (Wildman–Crippen LogP) is 2.20. The second kappa shape index (κ2) is 5.16. The number of nitriles is 1. The van der Waals surface area contributed by atoms with Crippen LogP contribution < -0.4 is 4.90 Å². The average Bonchev–Trinajstić information content (AvgIpc) is 2.30. The fourth-order valence-corrected chi connectivity index (χ4v) is 1.33. The zero-order valence-corrected chi connectivity index (χ0v) is 8.97. The molecular formula is C12H14N2O. The lowest BCUT2D eigenvalue weighted by molar-refractivity contribution is -0.120. The number of anilines is 1. The van der Waals surface area contributed by atoms with Gasteiger partial charge in [-0.25, -0.2) is 0 Å². The van der Waals surface area contributed by atoms with Crippen LogP contribution in [-0.4, -0.2) is 13.0 Å². The van der Waals surface area contributed by atoms with Crippen molar-refractivity contribution in [3.63, 3.8) is 0 Å². The minimum atomic E-state index is -0.546. The Labute approximate surface area is 89.9 Å². The Balaban J connectivity index is 2.82. The molecule has 0 aliphatic rings. The number of hydrogen-bond donors (Lipinski definition) is 0. The third kappa shape index (κ3) is 2.57. The van der Waals surface area contributed by atoms with Crippen molar-refractivity contribution >= 4 is 11.6 Å². The molecule has 0 N–H and O–H groups in total. The molecular weight excluding hydrogens is 188 g/mol. The largest absolute Gasteiger partial charge is 0.314 e. The lowest BCUT2D eigenvalue weighted by Crippen LogP contribution is -2.31. The molecule has 3 heteroatoms. The molecule has 1 unspecified atom stereocenters. The van der Waals surface area contributed by atoms with E-state index in [2.05, 4.69) is 0 Å². The van der Waals surface area contributed by atoms with E-state index in [1.54, 1.807) is 7.05 Å². The van der Waals surface area contributed by atoms with Gasteiger partial charge in [0.25, 0.3) is 0 Å². The number of nitrogens with zero attached hydrogens (tertiary/aromatic N) is 2. The number of carbonyl (C=O) groups excluding carboxylic acids is 1. The van der Waals surface area contributed by atoms with Crippen molar-refractivity contribution in [2.45, 2.75) is 13.3 Å². The highest BCUT2D eigenvalue weighted by atomic mass is 16.2. The first-order valence-corrected chi connectivity index (χ1v) is 4.93. The van der Waals surface area contributed by atoms with Crippen LogP contribution in [-0.2, 0) is 4.79 Å². The molecule has 1 amide bonds. The summed E-state index contributed by atoms with van der Waals surface area (Å²) in [7, 11) is 1.69. The predicted molar refractivity (Wildman–Crippen MR) is 59.2 cm³/mol. The van der Waals surface area contributed by atoms with Gasteiger partial charge in [-0.1, -0.05) is 25.1 Å². The van der Waals surface area contributed by atoms with Gasteiger partial charge in [0.1, 0.15) is 5.92 Å². The maximum atomic E-state index is 11.8. The van der Waals surface area contributed by atoms with E-state index in [1.165, 1.54) is 4.90 Å². The molecule has 0 spiro atoms. The molecule has 1 atom stereocenters. The summed E-state index contributed by atoms with van der Waals surface area (Å²) >= 11 is 0. The van der Waals surface area contributed by atoms with Crippen LogP contribution in [0.2, 0.25) is 0 Å². The van der Waals surface area contributed by atoms with Gasteiger partial charge in [0.05, 0.1) is 6.07 Å². The highest BCUT2D eigenvalue weighted by Gasteiger charge is 2.20. The number of hydrogen-bond acceptors (Lipinski definition) is 2. The van der Waals surface area contributed by atoms with E-state index in [9.17, 15) is 4.79 Å². The zero-order valence-electron chi connectivity index (χ0n) is 8.97. The quantitative estimate of drug-likeness (QED) is 0.754. The van der Waals surface area contributed by atoms with Gasteiger partial charge < -0.3 is 4.90 Å². The Kier molecular flexibility index (Phi) is 3.87. The van der Waals surface area contributed by atoms with Crippen molar-refractivity contribution in [2.75, 3.05) is 11.9 Å². The van der Waals surface area contributed by atoms with Gasteiger partial charge >= 0.3 is 0 Å². The molecule has 15 heavy (non-hydrogen) atoms. The van der Waals surface area contributed by atoms with Crippen LogP contribution >= 0.6 is 0 Å². The molecule has 1 rings (SSSR count). The van der Waals surface area contributed by atoms with E-state index in [0.717, 1.165) is 5.69 Å². The molecule has 1 aromatic carbocycles. The Morgan fingerprint density at radius 3 is 2.53 bits per heavy atom. The Morgan fingerprint density at radius 2 is 2.07 bits per heavy atom. The molecule has 0 aliphatic heterocycles. The van der Waals surface area contributed by atoms with Gasteiger partial charge in [-0.3, -0.25) is 4.79 Å². The third-order valence-electron chi connectivity index (χ3n) is 2.34. The fraction of sp³-hybridized carbons (Fsp3) is 0.333. The summed E-state index contributed by atoms with van der Waals surface area (Å²) in [6.45, 7) is 1.84. The minimum absolute atomic E-state index is 0.147. The average molecular weight is 202 g/mol. The van der Waals surface area contributed by atoms with Gasteiger partial charge in [-0.2, -0.15) is 5.26 Å². The molecule has 0 aliphatic carbocycles. The molecule has 0 heterocycles. The maximum absolute atomic E-state index is 11.8. The van der Waals surface area contributed by atoms with Crippen molar-refractivity contribution in [3.8, 4) is 6.07 Å². The van der Waals surface area contributed by atoms with Crippen LogP contribution in [0.25, 0.3) is 0 Å². The van der Waals surface area contributed by atoms with Crippen molar-refractivity contribution in [2.24, 2.45) is 5.92 Å². The molecule has 0 radical (unpaired) electrons. The second-order valence-corrected chi connectivity index (χ2v) is 3.32. The second-order valence-electron chi connectivity index (χ2n) is 3.32. The molecule has 3 nitrogen and oxygen atoms in total. The normalized spacial score (nSPS) is 11.5. The first-order valence-electron chi connectivity index (χ1n) is 4.93. The molecule has 1 aromatic rings. The molecule has 0 bridgehead atoms. The van der Waals surface area contributed by atoms with E-state index in [4.69, 9.17) is 5.26 Å². The molecule has 0 aromatic heterocycles. The highest BCUT2D eigenvalue weighted by molar-refractivity contribution is 5.95. The first kappa shape index (κ1) is 11.3. The summed E-state index contributed by atoms with van der Waals surface area (Å²) in [5, 5.41) is 8.79. The minimum Gasteiger partial charge on any atom is -0.314 e. The lowest BCUT2D eigenvalue weighted by Gasteiger charge is -2.19. The van der Waals surface area contributed by atoms with Gasteiger partial charge in [0.2, 0.25) is 5.91 Å². The van der Waals surface area contributed by atoms with E-state index in [-0.39, 0.29) is 5.91 Å². The first-order chi connectivity index (χ1) is 7.20. The van der Waals surface area contributed by atoms with Crippen LogP contribution in [0.1, 0.15) is 13.3 Å². The molecule has 78 valence electrons. The van der Waals surface area contributed by atoms with E-state index >= 15 is 0 Å². The van der Waals surface area contributed by atoms with Crippen molar-refractivity contribution in [1.29, 1.82) is 5.26 Å². The standard InChI is InChI=1S/C12H14N2O/c1-3-10(9-13)12(15)14(2)11-7-5-4-6-8-11/h4-8,10H,3H2,1-2H3. The number of rotatable bonds is 3. The Hall–Kier alpha value is -1.82. The number of amides is 1. The Bertz CT molecular complexity index is 367. The Morgan fingerprint density at radius 1 is 1.47 bits per heavy atom. The maximum Gasteiger partial charge on any atom is 0.244 e. The van der Waals surface area contributed by atoms with Crippen LogP contribution in [0.4, 0.5) is 5.69 Å². The van der Waals surface area contributed by atoms with E-state index < -0.39 is 5.92 Å². The van der Waals surface area contributed by atoms with Crippen molar-refractivity contribution < 1.29 is 4.79 Å². The summed E-state index contributed by atoms with van der Waals surface area (Å²) in [4.78, 5) is 13.3. The molecule has 0 fully saturated rings. The zero-order chi connectivity index (χ0) is 11.3. The highest BCUT2D eigenvalue weighted by Crippen LogP contribution is 2.15. The van der Waals surface area contributed by atoms with Crippen LogP contribution in [0.3, 0.4) is 0 Å². The van der Waals surface area contributed by atoms with Crippen molar-refractivity contribution in [1.82, 2.24) is 0 Å². The summed E-state index contributed by atoms with van der Waals surface area (Å²) < 4.78 is 0. The summed E-state index contributed by atoms with van der Waals surface area (Å²) in [6.07, 6.45) is 0.548. The van der Waals surface area contributed by atoms with Gasteiger partial charge in [-0.15, -0.1) is 0 Å². The number of benzene rings is 1. The smallest absolute Gasteiger partial charge is 0.244 e. The monoisotopic (exact) mass is 202 g/mol. The third-order valence-corrected chi connectivity index (χ3v) is 2.34. The van der Waals surface area contributed by atoms with Gasteiger partial charge in [-0.05, 0) is 18.6 Å². The molecule has 0 saturated carbocycles.